The molecule has 11 heteroatoms. The lowest BCUT2D eigenvalue weighted by Gasteiger charge is -2.03. The van der Waals surface area contributed by atoms with Crippen LogP contribution in [0.3, 0.4) is 0 Å². The van der Waals surface area contributed by atoms with Gasteiger partial charge in [-0.2, -0.15) is 0 Å². The number of nitrogens with zero attached hydrogens (tertiary/aromatic N) is 3. The van der Waals surface area contributed by atoms with Crippen LogP contribution in [0.4, 0.5) is 5.82 Å². The summed E-state index contributed by atoms with van der Waals surface area (Å²) in [5.74, 6) is 0.446. The quantitative estimate of drug-likeness (QED) is 0.593. The Hall–Kier alpha value is -0.910. The predicted molar refractivity (Wildman–Crippen MR) is 89.3 cm³/mol. The van der Waals surface area contributed by atoms with Crippen LogP contribution >= 0.6 is 50.5 Å². The first-order chi connectivity index (χ1) is 10.3. The van der Waals surface area contributed by atoms with Crippen molar-refractivity contribution in [2.45, 2.75) is 0 Å². The second-order valence-electron chi connectivity index (χ2n) is 3.62. The fourth-order valence-corrected chi connectivity index (χ4v) is 1.35. The van der Waals surface area contributed by atoms with Gasteiger partial charge in [-0.1, -0.05) is 17.7 Å². The standard InChI is InChI=1S/C11H9ClN4O.Cl3OP/c12-10-7-13-5-8(16-10)9(17)6-15-11-3-1-2-4-14-11;1-5(2,3)4/h1-5,7H,6H2,(H,14,15);. The maximum atomic E-state index is 11.7. The van der Waals surface area contributed by atoms with Gasteiger partial charge in [0.25, 0.3) is 0 Å². The summed E-state index contributed by atoms with van der Waals surface area (Å²) in [5.41, 5.74) is 0.237. The van der Waals surface area contributed by atoms with Crippen molar-refractivity contribution in [3.63, 3.8) is 0 Å². The van der Waals surface area contributed by atoms with Crippen LogP contribution < -0.4 is 5.32 Å². The molecule has 0 atom stereocenters. The van der Waals surface area contributed by atoms with Crippen LogP contribution in [0.25, 0.3) is 0 Å². The van der Waals surface area contributed by atoms with E-state index >= 15 is 0 Å². The number of halogens is 4. The lowest BCUT2D eigenvalue weighted by Crippen LogP contribution is -2.16. The van der Waals surface area contributed by atoms with Crippen LogP contribution in [0.2, 0.25) is 5.15 Å². The fourth-order valence-electron chi connectivity index (χ4n) is 1.21. The number of ketones is 1. The highest BCUT2D eigenvalue weighted by atomic mass is 36.0. The molecule has 0 aliphatic heterocycles. The van der Waals surface area contributed by atoms with Crippen LogP contribution in [0.5, 0.6) is 0 Å². The Labute approximate surface area is 145 Å². The number of anilines is 1. The first kappa shape index (κ1) is 19.1. The van der Waals surface area contributed by atoms with Gasteiger partial charge in [-0.3, -0.25) is 14.3 Å². The molecule has 0 aromatic carbocycles. The third-order valence-corrected chi connectivity index (χ3v) is 2.17. The molecule has 0 unspecified atom stereocenters. The first-order valence-electron chi connectivity index (χ1n) is 5.60. The lowest BCUT2D eigenvalue weighted by atomic mass is 10.3. The molecule has 0 spiro atoms. The Morgan fingerprint density at radius 2 is 1.91 bits per heavy atom. The average Bonchev–Trinajstić information content (AvgIpc) is 2.44. The van der Waals surface area contributed by atoms with Crippen molar-refractivity contribution in [2.75, 3.05) is 11.9 Å². The van der Waals surface area contributed by atoms with E-state index < -0.39 is 5.20 Å². The second-order valence-corrected chi connectivity index (χ2v) is 10.6. The van der Waals surface area contributed by atoms with E-state index in [0.717, 1.165) is 0 Å². The van der Waals surface area contributed by atoms with Gasteiger partial charge >= 0.3 is 5.20 Å². The lowest BCUT2D eigenvalue weighted by molar-refractivity contribution is 0.100. The third kappa shape index (κ3) is 9.18. The zero-order valence-electron chi connectivity index (χ0n) is 10.8. The van der Waals surface area contributed by atoms with Crippen molar-refractivity contribution in [3.8, 4) is 0 Å². The topological polar surface area (TPSA) is 84.8 Å². The highest BCUT2D eigenvalue weighted by Crippen LogP contribution is 2.61. The molecule has 0 aliphatic carbocycles. The summed E-state index contributed by atoms with van der Waals surface area (Å²) in [5, 5.41) is -0.129. The largest absolute Gasteiger partial charge is 0.363 e. The van der Waals surface area contributed by atoms with Crippen molar-refractivity contribution >= 4 is 62.1 Å². The summed E-state index contributed by atoms with van der Waals surface area (Å²) < 4.78 is 9.51. The maximum Gasteiger partial charge on any atom is 0.339 e. The van der Waals surface area contributed by atoms with E-state index in [-0.39, 0.29) is 23.2 Å². The summed E-state index contributed by atoms with van der Waals surface area (Å²) in [7, 11) is 0. The van der Waals surface area contributed by atoms with Crippen molar-refractivity contribution in [1.82, 2.24) is 15.0 Å². The van der Waals surface area contributed by atoms with Crippen molar-refractivity contribution in [2.24, 2.45) is 0 Å². The summed E-state index contributed by atoms with van der Waals surface area (Å²) >= 11 is 19.5. The van der Waals surface area contributed by atoms with Gasteiger partial charge in [-0.15, -0.1) is 0 Å². The minimum absolute atomic E-state index is 0.103. The minimum Gasteiger partial charge on any atom is -0.363 e. The van der Waals surface area contributed by atoms with E-state index in [0.29, 0.717) is 5.82 Å². The normalized spacial score (nSPS) is 10.4. The van der Waals surface area contributed by atoms with Gasteiger partial charge in [0.1, 0.15) is 16.7 Å². The molecule has 0 bridgehead atoms. The van der Waals surface area contributed by atoms with Crippen LogP contribution in [0.1, 0.15) is 10.5 Å². The Kier molecular flexibility index (Phi) is 8.07. The van der Waals surface area contributed by atoms with E-state index in [4.69, 9.17) is 11.6 Å². The average molecular weight is 402 g/mol. The summed E-state index contributed by atoms with van der Waals surface area (Å²) in [4.78, 5) is 23.4. The number of pyridine rings is 1. The van der Waals surface area contributed by atoms with Gasteiger partial charge in [0.05, 0.1) is 18.9 Å². The number of hydrogen-bond acceptors (Lipinski definition) is 6. The molecule has 0 aliphatic rings. The molecule has 1 N–H and O–H groups in total. The Balaban J connectivity index is 0.000000422. The molecule has 118 valence electrons. The minimum atomic E-state index is -3.22. The zero-order valence-corrected chi connectivity index (χ0v) is 14.7. The van der Waals surface area contributed by atoms with Gasteiger partial charge in [-0.05, 0) is 45.9 Å². The maximum absolute atomic E-state index is 11.7. The number of carbonyl (C=O) groups is 1. The smallest absolute Gasteiger partial charge is 0.339 e. The van der Waals surface area contributed by atoms with E-state index in [1.54, 1.807) is 18.3 Å². The molecule has 0 radical (unpaired) electrons. The molecule has 22 heavy (non-hydrogen) atoms. The van der Waals surface area contributed by atoms with Crippen LogP contribution in [-0.2, 0) is 4.57 Å². The summed E-state index contributed by atoms with van der Waals surface area (Å²) in [6.07, 6.45) is 4.41. The van der Waals surface area contributed by atoms with E-state index in [9.17, 15) is 9.36 Å². The predicted octanol–water partition coefficient (Wildman–Crippen LogP) is 4.63. The van der Waals surface area contributed by atoms with Crippen LogP contribution in [0, 0.1) is 0 Å². The van der Waals surface area contributed by atoms with E-state index in [1.165, 1.54) is 12.4 Å². The Morgan fingerprint density at radius 1 is 1.23 bits per heavy atom. The number of Topliss-reactive ketones (excluding diaryl/α,β-unsaturated/α-hetero) is 1. The van der Waals surface area contributed by atoms with Crippen LogP contribution in [0.15, 0.2) is 36.8 Å². The highest BCUT2D eigenvalue weighted by Gasteiger charge is 2.08. The molecule has 2 heterocycles. The van der Waals surface area contributed by atoms with Crippen molar-refractivity contribution < 1.29 is 9.36 Å². The van der Waals surface area contributed by atoms with E-state index in [1.807, 2.05) is 6.07 Å². The molecule has 0 saturated carbocycles. The molecule has 2 rings (SSSR count). The highest BCUT2D eigenvalue weighted by molar-refractivity contribution is 8.24. The zero-order chi connectivity index (χ0) is 16.6. The molecule has 0 amide bonds. The van der Waals surface area contributed by atoms with Gasteiger partial charge in [0, 0.05) is 6.20 Å². The van der Waals surface area contributed by atoms with Crippen molar-refractivity contribution in [1.29, 1.82) is 0 Å². The molecule has 6 nitrogen and oxygen atoms in total. The van der Waals surface area contributed by atoms with Crippen LogP contribution in [-0.4, -0.2) is 27.3 Å². The molecule has 2 aromatic heterocycles. The Bertz CT molecular complexity index is 660. The summed E-state index contributed by atoms with van der Waals surface area (Å²) in [6, 6.07) is 5.41. The SMILES string of the molecule is O=C(CNc1ccccn1)c1cncc(Cl)n1.O=P(Cl)(Cl)Cl. The third-order valence-electron chi connectivity index (χ3n) is 1.99. The number of aromatic nitrogens is 3. The van der Waals surface area contributed by atoms with Gasteiger partial charge in [-0.25, -0.2) is 9.97 Å². The molecule has 2 aromatic rings. The second kappa shape index (κ2) is 9.28. The molecular formula is C11H9Cl4N4O2P. The van der Waals surface area contributed by atoms with E-state index in [2.05, 4.69) is 54.0 Å². The molecule has 0 saturated heterocycles. The Morgan fingerprint density at radius 3 is 2.45 bits per heavy atom. The number of nitrogens with one attached hydrogen (secondary N) is 1. The molecular weight excluding hydrogens is 393 g/mol. The monoisotopic (exact) mass is 400 g/mol. The summed E-state index contributed by atoms with van der Waals surface area (Å²) in [6.45, 7) is 0.103. The van der Waals surface area contributed by atoms with Gasteiger partial charge in [0.2, 0.25) is 5.78 Å². The van der Waals surface area contributed by atoms with Gasteiger partial charge < -0.3 is 5.32 Å². The number of rotatable bonds is 4. The first-order valence-corrected chi connectivity index (χ1v) is 10.4. The van der Waals surface area contributed by atoms with Crippen molar-refractivity contribution in [3.05, 3.63) is 47.6 Å². The number of carbonyl (C=O) groups excluding carboxylic acids is 1. The fraction of sp³-hybridized carbons (Fsp3) is 0.0909. The number of hydrogen-bond donors (Lipinski definition) is 1. The molecule has 0 fully saturated rings. The van der Waals surface area contributed by atoms with Gasteiger partial charge in [0.15, 0.2) is 0 Å².